The molecule has 0 spiro atoms. The van der Waals surface area contributed by atoms with Gasteiger partial charge in [0.05, 0.1) is 13.7 Å². The van der Waals surface area contributed by atoms with E-state index < -0.39 is 5.91 Å². The second-order valence-corrected chi connectivity index (χ2v) is 5.01. The highest BCUT2D eigenvalue weighted by molar-refractivity contribution is 6.09. The number of nitrogens with zero attached hydrogens (tertiary/aromatic N) is 1. The van der Waals surface area contributed by atoms with Gasteiger partial charge in [0.2, 0.25) is 0 Å². The lowest BCUT2D eigenvalue weighted by molar-refractivity contribution is -0.112. The summed E-state index contributed by atoms with van der Waals surface area (Å²) in [4.78, 5) is 12.2. The number of carbonyl (C=O) groups excluding carboxylic acids is 1. The summed E-state index contributed by atoms with van der Waals surface area (Å²) in [6.07, 6.45) is 1.47. The number of nitrogens with one attached hydrogen (secondary N) is 1. The van der Waals surface area contributed by atoms with E-state index in [0.717, 1.165) is 0 Å². The van der Waals surface area contributed by atoms with Crippen molar-refractivity contribution >= 4 is 17.7 Å². The molecule has 6 nitrogen and oxygen atoms in total. The first kappa shape index (κ1) is 17.9. The minimum atomic E-state index is -0.540. The summed E-state index contributed by atoms with van der Waals surface area (Å²) < 4.78 is 10.7. The van der Waals surface area contributed by atoms with E-state index in [4.69, 9.17) is 9.47 Å². The number of phenolic OH excluding ortho intramolecular Hbond substituents is 1. The smallest absolute Gasteiger partial charge is 0.266 e. The van der Waals surface area contributed by atoms with Crippen LogP contribution in [0, 0.1) is 11.3 Å². The summed E-state index contributed by atoms with van der Waals surface area (Å²) in [6.45, 7) is 2.32. The molecule has 25 heavy (non-hydrogen) atoms. The van der Waals surface area contributed by atoms with Crippen LogP contribution in [-0.4, -0.2) is 24.7 Å². The van der Waals surface area contributed by atoms with E-state index in [1.807, 2.05) is 13.0 Å². The van der Waals surface area contributed by atoms with Gasteiger partial charge in [-0.3, -0.25) is 4.79 Å². The van der Waals surface area contributed by atoms with Crippen LogP contribution in [0.5, 0.6) is 17.2 Å². The van der Waals surface area contributed by atoms with Crippen LogP contribution in [0.4, 0.5) is 5.69 Å². The molecule has 0 aromatic heterocycles. The van der Waals surface area contributed by atoms with E-state index in [9.17, 15) is 15.2 Å². The van der Waals surface area contributed by atoms with Crippen LogP contribution in [0.2, 0.25) is 0 Å². The predicted octanol–water partition coefficient (Wildman–Crippen LogP) is 3.35. The molecule has 0 unspecified atom stereocenters. The van der Waals surface area contributed by atoms with Crippen molar-refractivity contribution in [2.24, 2.45) is 0 Å². The number of aromatic hydroxyl groups is 1. The maximum absolute atomic E-state index is 12.2. The van der Waals surface area contributed by atoms with Crippen LogP contribution < -0.4 is 14.8 Å². The lowest BCUT2D eigenvalue weighted by Crippen LogP contribution is -2.13. The third-order valence-corrected chi connectivity index (χ3v) is 3.29. The number of hydrogen-bond acceptors (Lipinski definition) is 5. The number of rotatable bonds is 6. The molecule has 0 aliphatic rings. The topological polar surface area (TPSA) is 91.6 Å². The van der Waals surface area contributed by atoms with Crippen molar-refractivity contribution in [2.45, 2.75) is 6.92 Å². The van der Waals surface area contributed by atoms with Crippen molar-refractivity contribution in [1.82, 2.24) is 0 Å². The summed E-state index contributed by atoms with van der Waals surface area (Å²) in [5, 5.41) is 21.1. The second kappa shape index (κ2) is 8.41. The molecule has 128 valence electrons. The van der Waals surface area contributed by atoms with Crippen molar-refractivity contribution in [1.29, 1.82) is 5.26 Å². The van der Waals surface area contributed by atoms with Crippen molar-refractivity contribution in [3.05, 3.63) is 53.6 Å². The van der Waals surface area contributed by atoms with Crippen molar-refractivity contribution in [2.75, 3.05) is 19.0 Å². The molecule has 0 aliphatic heterocycles. The van der Waals surface area contributed by atoms with Gasteiger partial charge in [-0.05, 0) is 55.0 Å². The Balaban J connectivity index is 2.24. The average Bonchev–Trinajstić information content (AvgIpc) is 2.62. The Bertz CT molecular complexity index is 820. The van der Waals surface area contributed by atoms with Gasteiger partial charge in [0.25, 0.3) is 5.91 Å². The van der Waals surface area contributed by atoms with E-state index in [-0.39, 0.29) is 11.3 Å². The molecule has 6 heteroatoms. The molecule has 2 aromatic rings. The van der Waals surface area contributed by atoms with Gasteiger partial charge >= 0.3 is 0 Å². The van der Waals surface area contributed by atoms with E-state index in [1.165, 1.54) is 18.2 Å². The van der Waals surface area contributed by atoms with Crippen molar-refractivity contribution < 1.29 is 19.4 Å². The van der Waals surface area contributed by atoms with Gasteiger partial charge in [-0.25, -0.2) is 0 Å². The Hall–Kier alpha value is -3.46. The Labute approximate surface area is 145 Å². The zero-order valence-electron chi connectivity index (χ0n) is 13.9. The highest BCUT2D eigenvalue weighted by atomic mass is 16.5. The van der Waals surface area contributed by atoms with E-state index in [0.29, 0.717) is 29.4 Å². The van der Waals surface area contributed by atoms with E-state index in [2.05, 4.69) is 5.32 Å². The first-order valence-corrected chi connectivity index (χ1v) is 7.60. The Morgan fingerprint density at radius 2 is 1.96 bits per heavy atom. The highest BCUT2D eigenvalue weighted by Crippen LogP contribution is 2.29. The molecular formula is C19H18N2O4. The van der Waals surface area contributed by atoms with Gasteiger partial charge in [-0.15, -0.1) is 0 Å². The third-order valence-electron chi connectivity index (χ3n) is 3.29. The van der Waals surface area contributed by atoms with Crippen molar-refractivity contribution in [3.63, 3.8) is 0 Å². The molecule has 2 rings (SSSR count). The van der Waals surface area contributed by atoms with E-state index >= 15 is 0 Å². The minimum Gasteiger partial charge on any atom is -0.508 e. The van der Waals surface area contributed by atoms with Gasteiger partial charge < -0.3 is 19.9 Å². The molecule has 0 radical (unpaired) electrons. The summed E-state index contributed by atoms with van der Waals surface area (Å²) in [6, 6.07) is 13.0. The SMILES string of the molecule is CCOc1cc(/C=C(/C#N)C(=O)Nc2ccc(O)cc2)ccc1OC. The van der Waals surface area contributed by atoms with Gasteiger partial charge in [-0.2, -0.15) is 5.26 Å². The van der Waals surface area contributed by atoms with Crippen molar-refractivity contribution in [3.8, 4) is 23.3 Å². The fraction of sp³-hybridized carbons (Fsp3) is 0.158. The van der Waals surface area contributed by atoms with Crippen LogP contribution in [0.25, 0.3) is 6.08 Å². The van der Waals surface area contributed by atoms with Crippen LogP contribution in [0.15, 0.2) is 48.0 Å². The molecule has 0 saturated carbocycles. The molecule has 0 heterocycles. The van der Waals surface area contributed by atoms with Gasteiger partial charge in [-0.1, -0.05) is 6.07 Å². The monoisotopic (exact) mass is 338 g/mol. The molecule has 1 amide bonds. The Morgan fingerprint density at radius 1 is 1.24 bits per heavy atom. The summed E-state index contributed by atoms with van der Waals surface area (Å²) in [5.41, 5.74) is 1.07. The number of methoxy groups -OCH3 is 1. The number of amides is 1. The predicted molar refractivity (Wildman–Crippen MR) is 94.5 cm³/mol. The lowest BCUT2D eigenvalue weighted by atomic mass is 10.1. The number of carbonyl (C=O) groups is 1. The molecular weight excluding hydrogens is 320 g/mol. The molecule has 0 saturated heterocycles. The van der Waals surface area contributed by atoms with Crippen LogP contribution in [0.1, 0.15) is 12.5 Å². The fourth-order valence-electron chi connectivity index (χ4n) is 2.11. The maximum Gasteiger partial charge on any atom is 0.266 e. The second-order valence-electron chi connectivity index (χ2n) is 5.01. The molecule has 0 aliphatic carbocycles. The number of nitriles is 1. The Kier molecular flexibility index (Phi) is 6.02. The molecule has 2 N–H and O–H groups in total. The van der Waals surface area contributed by atoms with Gasteiger partial charge in [0.1, 0.15) is 17.4 Å². The standard InChI is InChI=1S/C19H18N2O4/c1-3-25-18-11-13(4-9-17(18)24-2)10-14(12-20)19(23)21-15-5-7-16(22)8-6-15/h4-11,22H,3H2,1-2H3,(H,21,23)/b14-10-. The Morgan fingerprint density at radius 3 is 2.56 bits per heavy atom. The number of phenols is 1. The normalized spacial score (nSPS) is 10.7. The van der Waals surface area contributed by atoms with Gasteiger partial charge in [0.15, 0.2) is 11.5 Å². The number of benzene rings is 2. The van der Waals surface area contributed by atoms with Crippen LogP contribution >= 0.6 is 0 Å². The van der Waals surface area contributed by atoms with Crippen LogP contribution in [-0.2, 0) is 4.79 Å². The summed E-state index contributed by atoms with van der Waals surface area (Å²) in [7, 11) is 1.54. The largest absolute Gasteiger partial charge is 0.508 e. The maximum atomic E-state index is 12.2. The zero-order valence-corrected chi connectivity index (χ0v) is 13.9. The molecule has 0 bridgehead atoms. The third kappa shape index (κ3) is 4.75. The number of ether oxygens (including phenoxy) is 2. The molecule has 0 atom stereocenters. The summed E-state index contributed by atoms with van der Waals surface area (Å²) >= 11 is 0. The number of anilines is 1. The summed E-state index contributed by atoms with van der Waals surface area (Å²) in [5.74, 6) is 0.665. The lowest BCUT2D eigenvalue weighted by Gasteiger charge is -2.10. The quantitative estimate of drug-likeness (QED) is 0.479. The van der Waals surface area contributed by atoms with Gasteiger partial charge in [0, 0.05) is 5.69 Å². The highest BCUT2D eigenvalue weighted by Gasteiger charge is 2.11. The number of hydrogen-bond donors (Lipinski definition) is 2. The molecule has 2 aromatic carbocycles. The first-order valence-electron chi connectivity index (χ1n) is 7.60. The first-order chi connectivity index (χ1) is 12.1. The van der Waals surface area contributed by atoms with E-state index in [1.54, 1.807) is 37.4 Å². The molecule has 0 fully saturated rings. The average molecular weight is 338 g/mol. The zero-order chi connectivity index (χ0) is 18.2. The minimum absolute atomic E-state index is 0.0549. The fourth-order valence-corrected chi connectivity index (χ4v) is 2.11. The van der Waals surface area contributed by atoms with Crippen LogP contribution in [0.3, 0.4) is 0 Å².